The molecule has 1 aliphatic rings. The summed E-state index contributed by atoms with van der Waals surface area (Å²) in [5.41, 5.74) is 3.18. The van der Waals surface area contributed by atoms with Crippen molar-refractivity contribution in [2.24, 2.45) is 0 Å². The maximum Gasteiger partial charge on any atom is 0.494 e. The molecule has 0 aliphatic carbocycles. The zero-order valence-corrected chi connectivity index (χ0v) is 19.0. The Morgan fingerprint density at radius 3 is 1.97 bits per heavy atom. The van der Waals surface area contributed by atoms with E-state index in [1.165, 1.54) is 0 Å². The molecule has 1 atom stereocenters. The summed E-state index contributed by atoms with van der Waals surface area (Å²) in [6.07, 6.45) is 0.176. The second kappa shape index (κ2) is 8.48. The Hall–Kier alpha value is -2.64. The van der Waals surface area contributed by atoms with Crippen molar-refractivity contribution in [1.82, 2.24) is 5.32 Å². The maximum absolute atomic E-state index is 12.6. The molecule has 0 unspecified atom stereocenters. The first-order valence-electron chi connectivity index (χ1n) is 10.4. The van der Waals surface area contributed by atoms with Gasteiger partial charge in [-0.3, -0.25) is 4.79 Å². The van der Waals surface area contributed by atoms with Crippen molar-refractivity contribution in [3.63, 3.8) is 0 Å². The van der Waals surface area contributed by atoms with Crippen LogP contribution < -0.4 is 10.8 Å². The molecule has 2 aromatic carbocycles. The number of carboxylic acids is 1. The predicted octanol–water partition coefficient (Wildman–Crippen LogP) is 3.03. The van der Waals surface area contributed by atoms with Gasteiger partial charge in [-0.15, -0.1) is 0 Å². The molecule has 1 aliphatic heterocycles. The van der Waals surface area contributed by atoms with E-state index in [0.717, 1.165) is 22.2 Å². The molecule has 31 heavy (non-hydrogen) atoms. The molecule has 3 rings (SSSR count). The van der Waals surface area contributed by atoms with Crippen molar-refractivity contribution in [1.29, 1.82) is 0 Å². The lowest BCUT2D eigenvalue weighted by molar-refractivity contribution is -0.139. The van der Waals surface area contributed by atoms with Crippen molar-refractivity contribution >= 4 is 24.5 Å². The first-order valence-corrected chi connectivity index (χ1v) is 10.4. The quantitative estimate of drug-likeness (QED) is 0.698. The van der Waals surface area contributed by atoms with Crippen LogP contribution in [0.1, 0.15) is 54.7 Å². The van der Waals surface area contributed by atoms with E-state index < -0.39 is 36.2 Å². The molecule has 0 radical (unpaired) electrons. The molecule has 0 bridgehead atoms. The number of hydrogen-bond acceptors (Lipinski definition) is 4. The maximum atomic E-state index is 12.6. The van der Waals surface area contributed by atoms with Crippen molar-refractivity contribution in [3.8, 4) is 0 Å². The highest BCUT2D eigenvalue weighted by Crippen LogP contribution is 2.36. The summed E-state index contributed by atoms with van der Waals surface area (Å²) < 4.78 is 12.1. The van der Waals surface area contributed by atoms with E-state index in [1.54, 1.807) is 12.1 Å². The van der Waals surface area contributed by atoms with Crippen LogP contribution in [0.4, 0.5) is 0 Å². The topological polar surface area (TPSA) is 84.9 Å². The Kier molecular flexibility index (Phi) is 6.30. The van der Waals surface area contributed by atoms with Crippen LogP contribution in [0.3, 0.4) is 0 Å². The Labute approximate surface area is 184 Å². The van der Waals surface area contributed by atoms with Crippen LogP contribution >= 0.6 is 0 Å². The summed E-state index contributed by atoms with van der Waals surface area (Å²) in [6, 6.07) is 11.9. The van der Waals surface area contributed by atoms with Gasteiger partial charge in [-0.05, 0) is 64.7 Å². The van der Waals surface area contributed by atoms with Crippen LogP contribution in [0.15, 0.2) is 42.5 Å². The number of nitrogens with one attached hydrogen (secondary N) is 1. The molecular weight excluding hydrogens is 393 g/mol. The summed E-state index contributed by atoms with van der Waals surface area (Å²) in [7, 11) is -0.474. The summed E-state index contributed by atoms with van der Waals surface area (Å²) >= 11 is 0. The fourth-order valence-electron chi connectivity index (χ4n) is 3.57. The van der Waals surface area contributed by atoms with Gasteiger partial charge in [0.05, 0.1) is 11.2 Å². The minimum atomic E-state index is -1.08. The number of carbonyl (C=O) groups excluding carboxylic acids is 1. The lowest BCUT2D eigenvalue weighted by Gasteiger charge is -2.32. The van der Waals surface area contributed by atoms with Gasteiger partial charge in [0.1, 0.15) is 6.04 Å². The van der Waals surface area contributed by atoms with Crippen LogP contribution in [0.25, 0.3) is 0 Å². The monoisotopic (exact) mass is 423 g/mol. The average molecular weight is 423 g/mol. The molecule has 1 amide bonds. The normalized spacial score (nSPS) is 17.9. The Morgan fingerprint density at radius 1 is 0.968 bits per heavy atom. The van der Waals surface area contributed by atoms with Gasteiger partial charge in [0.2, 0.25) is 0 Å². The van der Waals surface area contributed by atoms with E-state index >= 15 is 0 Å². The number of hydrogen-bond donors (Lipinski definition) is 2. The van der Waals surface area contributed by atoms with E-state index in [0.29, 0.717) is 5.56 Å². The second-order valence-electron chi connectivity index (χ2n) is 9.27. The van der Waals surface area contributed by atoms with Gasteiger partial charge in [0.15, 0.2) is 0 Å². The zero-order valence-electron chi connectivity index (χ0n) is 19.0. The summed E-state index contributed by atoms with van der Waals surface area (Å²) in [4.78, 5) is 24.4. The molecule has 7 heteroatoms. The highest BCUT2D eigenvalue weighted by Gasteiger charge is 2.51. The number of benzene rings is 2. The molecule has 164 valence electrons. The molecule has 1 saturated heterocycles. The lowest BCUT2D eigenvalue weighted by atomic mass is 9.78. The van der Waals surface area contributed by atoms with Crippen LogP contribution in [0, 0.1) is 13.8 Å². The van der Waals surface area contributed by atoms with Gasteiger partial charge in [0.25, 0.3) is 5.91 Å². The Morgan fingerprint density at radius 2 is 1.48 bits per heavy atom. The first kappa shape index (κ1) is 23.0. The fraction of sp³-hybridized carbons (Fsp3) is 0.417. The molecule has 0 aromatic heterocycles. The van der Waals surface area contributed by atoms with Crippen LogP contribution in [0.2, 0.25) is 0 Å². The van der Waals surface area contributed by atoms with Crippen LogP contribution in [-0.4, -0.2) is 41.3 Å². The van der Waals surface area contributed by atoms with E-state index in [9.17, 15) is 14.7 Å². The van der Waals surface area contributed by atoms with Gasteiger partial charge < -0.3 is 19.7 Å². The summed E-state index contributed by atoms with van der Waals surface area (Å²) in [6.45, 7) is 11.8. The minimum absolute atomic E-state index is 0.176. The molecule has 0 saturated carbocycles. The van der Waals surface area contributed by atoms with Crippen LogP contribution in [-0.2, 0) is 20.5 Å². The standard InChI is InChI=1S/C24H30BNO5/c1-15-11-16(2)13-18(12-15)21(27)26-20(22(28)29)14-17-7-9-19(10-8-17)25-30-23(3,4)24(5,6)31-25/h7-13,20H,14H2,1-6H3,(H,26,27)(H,28,29)/t20-/m0/s1. The van der Waals surface area contributed by atoms with Gasteiger partial charge in [0, 0.05) is 12.0 Å². The number of aliphatic carboxylic acids is 1. The molecule has 1 fully saturated rings. The van der Waals surface area contributed by atoms with Gasteiger partial charge >= 0.3 is 13.1 Å². The fourth-order valence-corrected chi connectivity index (χ4v) is 3.57. The molecule has 6 nitrogen and oxygen atoms in total. The van der Waals surface area contributed by atoms with Gasteiger partial charge in [-0.1, -0.05) is 41.5 Å². The number of carboxylic acid groups (broad SMARTS) is 1. The average Bonchev–Trinajstić information content (AvgIpc) is 2.88. The molecular formula is C24H30BNO5. The minimum Gasteiger partial charge on any atom is -0.480 e. The Balaban J connectivity index is 1.69. The van der Waals surface area contributed by atoms with Gasteiger partial charge in [-0.25, -0.2) is 4.79 Å². The van der Waals surface area contributed by atoms with Crippen molar-refractivity contribution < 1.29 is 24.0 Å². The van der Waals surface area contributed by atoms with E-state index in [1.807, 2.05) is 71.9 Å². The third kappa shape index (κ3) is 5.17. The zero-order chi connectivity index (χ0) is 23.0. The second-order valence-corrected chi connectivity index (χ2v) is 9.27. The number of rotatable bonds is 6. The third-order valence-electron chi connectivity index (χ3n) is 6.03. The smallest absolute Gasteiger partial charge is 0.480 e. The Bertz CT molecular complexity index is 948. The van der Waals surface area contributed by atoms with Crippen LogP contribution in [0.5, 0.6) is 0 Å². The van der Waals surface area contributed by atoms with Crippen molar-refractivity contribution in [2.75, 3.05) is 0 Å². The third-order valence-corrected chi connectivity index (χ3v) is 6.03. The number of aryl methyl sites for hydroxylation is 2. The van der Waals surface area contributed by atoms with E-state index in [-0.39, 0.29) is 6.42 Å². The summed E-state index contributed by atoms with van der Waals surface area (Å²) in [5, 5.41) is 12.3. The highest BCUT2D eigenvalue weighted by atomic mass is 16.7. The first-order chi connectivity index (χ1) is 14.4. The molecule has 2 aromatic rings. The molecule has 1 heterocycles. The van der Waals surface area contributed by atoms with Crippen molar-refractivity contribution in [3.05, 3.63) is 64.7 Å². The highest BCUT2D eigenvalue weighted by molar-refractivity contribution is 6.62. The van der Waals surface area contributed by atoms with Crippen molar-refractivity contribution in [2.45, 2.75) is 65.2 Å². The van der Waals surface area contributed by atoms with E-state index in [4.69, 9.17) is 9.31 Å². The summed E-state index contributed by atoms with van der Waals surface area (Å²) in [5.74, 6) is -1.47. The largest absolute Gasteiger partial charge is 0.494 e. The van der Waals surface area contributed by atoms with E-state index in [2.05, 4.69) is 5.32 Å². The van der Waals surface area contributed by atoms with Gasteiger partial charge in [-0.2, -0.15) is 0 Å². The molecule has 2 N–H and O–H groups in total. The number of carbonyl (C=O) groups is 2. The number of amides is 1. The predicted molar refractivity (Wildman–Crippen MR) is 121 cm³/mol. The SMILES string of the molecule is Cc1cc(C)cc(C(=O)N[C@@H](Cc2ccc(B3OC(C)(C)C(C)(C)O3)cc2)C(=O)O)c1. The lowest BCUT2D eigenvalue weighted by Crippen LogP contribution is -2.42. The molecule has 0 spiro atoms.